The van der Waals surface area contributed by atoms with E-state index in [1.807, 2.05) is 30.3 Å². The highest BCUT2D eigenvalue weighted by molar-refractivity contribution is 5.20. The summed E-state index contributed by atoms with van der Waals surface area (Å²) >= 11 is 0. The lowest BCUT2D eigenvalue weighted by atomic mass is 10.0. The summed E-state index contributed by atoms with van der Waals surface area (Å²) in [6.45, 7) is 2.34. The molecule has 0 saturated heterocycles. The van der Waals surface area contributed by atoms with Gasteiger partial charge in [0.2, 0.25) is 0 Å². The average molecular weight is 249 g/mol. The van der Waals surface area contributed by atoms with Crippen molar-refractivity contribution < 1.29 is 9.84 Å². The fourth-order valence-electron chi connectivity index (χ4n) is 2.43. The lowest BCUT2D eigenvalue weighted by molar-refractivity contribution is 0.0476. The molecule has 1 aromatic carbocycles. The molecule has 18 heavy (non-hydrogen) atoms. The zero-order valence-corrected chi connectivity index (χ0v) is 10.9. The first-order valence-electron chi connectivity index (χ1n) is 6.89. The van der Waals surface area contributed by atoms with Crippen LogP contribution in [-0.4, -0.2) is 30.4 Å². The summed E-state index contributed by atoms with van der Waals surface area (Å²) in [7, 11) is 0. The molecule has 0 radical (unpaired) electrons. The maximum absolute atomic E-state index is 10.1. The zero-order valence-electron chi connectivity index (χ0n) is 10.9. The van der Waals surface area contributed by atoms with Gasteiger partial charge in [-0.2, -0.15) is 0 Å². The van der Waals surface area contributed by atoms with Gasteiger partial charge in [0.25, 0.3) is 0 Å². The lowest BCUT2D eigenvalue weighted by Gasteiger charge is -2.22. The van der Waals surface area contributed by atoms with Gasteiger partial charge in [-0.3, -0.25) is 0 Å². The van der Waals surface area contributed by atoms with Crippen molar-refractivity contribution in [1.29, 1.82) is 0 Å². The van der Waals surface area contributed by atoms with Gasteiger partial charge in [-0.25, -0.2) is 0 Å². The Bertz CT molecular complexity index is 334. The quantitative estimate of drug-likeness (QED) is 0.729. The highest BCUT2D eigenvalue weighted by atomic mass is 16.5. The fourth-order valence-corrected chi connectivity index (χ4v) is 2.43. The predicted molar refractivity (Wildman–Crippen MR) is 72.8 cm³/mol. The van der Waals surface area contributed by atoms with E-state index >= 15 is 0 Å². The van der Waals surface area contributed by atoms with Crippen LogP contribution in [-0.2, 0) is 0 Å². The summed E-state index contributed by atoms with van der Waals surface area (Å²) in [5, 5.41) is 13.5. The molecule has 0 aliphatic heterocycles. The smallest absolute Gasteiger partial charge is 0.119 e. The predicted octanol–water partition coefficient (Wildman–Crippen LogP) is 2.35. The first-order valence-corrected chi connectivity index (χ1v) is 6.89. The maximum Gasteiger partial charge on any atom is 0.119 e. The van der Waals surface area contributed by atoms with Gasteiger partial charge in [0, 0.05) is 6.54 Å². The van der Waals surface area contributed by atoms with E-state index in [9.17, 15) is 5.11 Å². The van der Waals surface area contributed by atoms with E-state index in [0.29, 0.717) is 0 Å². The number of para-hydroxylation sites is 1. The number of nitrogens with one attached hydrogen (secondary N) is 1. The standard InChI is InChI=1S/C15H23NO2/c17-15(9-4-5-10-15)13-16-11-6-12-18-14-7-2-1-3-8-14/h1-3,7-8,16-17H,4-6,9-13H2. The molecule has 2 rings (SSSR count). The molecule has 1 saturated carbocycles. The second-order valence-electron chi connectivity index (χ2n) is 5.12. The van der Waals surface area contributed by atoms with Gasteiger partial charge in [-0.1, -0.05) is 31.0 Å². The van der Waals surface area contributed by atoms with Crippen LogP contribution in [0.15, 0.2) is 30.3 Å². The number of ether oxygens (including phenoxy) is 1. The molecule has 3 nitrogen and oxygen atoms in total. The molecular formula is C15H23NO2. The van der Waals surface area contributed by atoms with Crippen LogP contribution in [0.1, 0.15) is 32.1 Å². The minimum atomic E-state index is -0.444. The van der Waals surface area contributed by atoms with Crippen molar-refractivity contribution in [2.45, 2.75) is 37.7 Å². The monoisotopic (exact) mass is 249 g/mol. The summed E-state index contributed by atoms with van der Waals surface area (Å²) in [4.78, 5) is 0. The fraction of sp³-hybridized carbons (Fsp3) is 0.600. The van der Waals surface area contributed by atoms with E-state index < -0.39 is 5.60 Å². The van der Waals surface area contributed by atoms with E-state index in [1.54, 1.807) is 0 Å². The minimum Gasteiger partial charge on any atom is -0.494 e. The lowest BCUT2D eigenvalue weighted by Crippen LogP contribution is -2.38. The van der Waals surface area contributed by atoms with E-state index in [0.717, 1.165) is 57.6 Å². The molecule has 0 atom stereocenters. The van der Waals surface area contributed by atoms with Crippen LogP contribution in [0.3, 0.4) is 0 Å². The van der Waals surface area contributed by atoms with Crippen LogP contribution in [0.5, 0.6) is 5.75 Å². The van der Waals surface area contributed by atoms with Crippen LogP contribution in [0.2, 0.25) is 0 Å². The SMILES string of the molecule is OC1(CNCCCOc2ccccc2)CCCC1. The third-order valence-electron chi connectivity index (χ3n) is 3.50. The maximum atomic E-state index is 10.1. The topological polar surface area (TPSA) is 41.5 Å². The third kappa shape index (κ3) is 4.31. The molecule has 1 aliphatic carbocycles. The summed E-state index contributed by atoms with van der Waals surface area (Å²) in [6, 6.07) is 9.87. The van der Waals surface area contributed by atoms with E-state index in [4.69, 9.17) is 4.74 Å². The first kappa shape index (κ1) is 13.4. The Balaban J connectivity index is 1.51. The van der Waals surface area contributed by atoms with Crippen molar-refractivity contribution in [3.05, 3.63) is 30.3 Å². The zero-order chi connectivity index (χ0) is 12.7. The van der Waals surface area contributed by atoms with E-state index in [-0.39, 0.29) is 0 Å². The molecule has 100 valence electrons. The largest absolute Gasteiger partial charge is 0.494 e. The van der Waals surface area contributed by atoms with Gasteiger partial charge in [0.15, 0.2) is 0 Å². The number of aliphatic hydroxyl groups is 1. The summed E-state index contributed by atoms with van der Waals surface area (Å²) in [5.74, 6) is 0.923. The summed E-state index contributed by atoms with van der Waals surface area (Å²) in [5.41, 5.74) is -0.444. The molecule has 3 heteroatoms. The number of hydrogen-bond acceptors (Lipinski definition) is 3. The Morgan fingerprint density at radius 3 is 2.61 bits per heavy atom. The summed E-state index contributed by atoms with van der Waals surface area (Å²) < 4.78 is 5.60. The number of hydrogen-bond donors (Lipinski definition) is 2. The normalized spacial score (nSPS) is 17.8. The Hall–Kier alpha value is -1.06. The molecule has 1 aliphatic rings. The van der Waals surface area contributed by atoms with Crippen LogP contribution in [0.25, 0.3) is 0 Å². The van der Waals surface area contributed by atoms with Crippen molar-refractivity contribution in [1.82, 2.24) is 5.32 Å². The Morgan fingerprint density at radius 1 is 1.17 bits per heavy atom. The Morgan fingerprint density at radius 2 is 1.89 bits per heavy atom. The van der Waals surface area contributed by atoms with Gasteiger partial charge < -0.3 is 15.2 Å². The molecule has 0 amide bonds. The van der Waals surface area contributed by atoms with E-state index in [1.165, 1.54) is 0 Å². The van der Waals surface area contributed by atoms with E-state index in [2.05, 4.69) is 5.32 Å². The van der Waals surface area contributed by atoms with Gasteiger partial charge in [0.1, 0.15) is 5.75 Å². The van der Waals surface area contributed by atoms with Crippen LogP contribution >= 0.6 is 0 Å². The van der Waals surface area contributed by atoms with Gasteiger partial charge in [-0.15, -0.1) is 0 Å². The Labute approximate surface area is 109 Å². The van der Waals surface area contributed by atoms with Crippen molar-refractivity contribution in [2.75, 3.05) is 19.7 Å². The second-order valence-corrected chi connectivity index (χ2v) is 5.12. The Kier molecular flexibility index (Phi) is 5.02. The van der Waals surface area contributed by atoms with Crippen molar-refractivity contribution in [2.24, 2.45) is 0 Å². The average Bonchev–Trinajstić information content (AvgIpc) is 2.82. The molecule has 2 N–H and O–H groups in total. The summed E-state index contributed by atoms with van der Waals surface area (Å²) in [6.07, 6.45) is 5.18. The van der Waals surface area contributed by atoms with Crippen LogP contribution in [0.4, 0.5) is 0 Å². The highest BCUT2D eigenvalue weighted by Gasteiger charge is 2.30. The van der Waals surface area contributed by atoms with Gasteiger partial charge in [-0.05, 0) is 37.9 Å². The molecule has 0 aromatic heterocycles. The van der Waals surface area contributed by atoms with Gasteiger partial charge in [0.05, 0.1) is 12.2 Å². The molecule has 0 unspecified atom stereocenters. The molecule has 1 fully saturated rings. The van der Waals surface area contributed by atoms with Crippen LogP contribution in [0, 0.1) is 0 Å². The first-order chi connectivity index (χ1) is 8.79. The molecule has 0 bridgehead atoms. The third-order valence-corrected chi connectivity index (χ3v) is 3.50. The van der Waals surface area contributed by atoms with Gasteiger partial charge >= 0.3 is 0 Å². The molecular weight excluding hydrogens is 226 g/mol. The van der Waals surface area contributed by atoms with Crippen molar-refractivity contribution in [3.8, 4) is 5.75 Å². The van der Waals surface area contributed by atoms with Crippen molar-refractivity contribution in [3.63, 3.8) is 0 Å². The molecule has 1 aromatic rings. The highest BCUT2D eigenvalue weighted by Crippen LogP contribution is 2.28. The molecule has 0 heterocycles. The van der Waals surface area contributed by atoms with Crippen LogP contribution < -0.4 is 10.1 Å². The second kappa shape index (κ2) is 6.76. The number of rotatable bonds is 7. The van der Waals surface area contributed by atoms with Crippen molar-refractivity contribution >= 4 is 0 Å². The number of benzene rings is 1. The molecule has 0 spiro atoms. The minimum absolute atomic E-state index is 0.444.